The molecule has 1 unspecified atom stereocenters. The fourth-order valence-electron chi connectivity index (χ4n) is 8.64. The first-order valence-electron chi connectivity index (χ1n) is 20.3. The number of hydrogen-bond acceptors (Lipinski definition) is 11. The SMILES string of the molecule is CC[C@H]1OC(=O)C(C)/C=C(/C)[C@@H](O[C@@H]2O[C@H](C)C[C@H](N(C)C)[C@H]2OC(C)=O)[C@@]2(C)C[C@@H](C)C(=NC(C)=O)[C@H](C)[C@H](OC/C(=C\C=C\c3ccccc3)CO2)[C@]1(C)O. The Kier molecular flexibility index (Phi) is 16.2. The molecule has 1 N–H and O–H groups in total. The number of nitrogens with zero attached hydrogens (tertiary/aromatic N) is 2. The molecule has 0 radical (unpaired) electrons. The predicted octanol–water partition coefficient (Wildman–Crippen LogP) is 6.50. The van der Waals surface area contributed by atoms with Crippen molar-refractivity contribution in [2.75, 3.05) is 27.3 Å². The van der Waals surface area contributed by atoms with Crippen LogP contribution in [-0.2, 0) is 42.8 Å². The molecule has 2 fully saturated rings. The van der Waals surface area contributed by atoms with Crippen LogP contribution in [0.4, 0.5) is 0 Å². The number of carbonyl (C=O) groups is 3. The maximum atomic E-state index is 13.9. The minimum atomic E-state index is -1.69. The molecule has 2 bridgehead atoms. The summed E-state index contributed by atoms with van der Waals surface area (Å²) in [6.45, 7) is 17.8. The van der Waals surface area contributed by atoms with Crippen molar-refractivity contribution in [3.63, 3.8) is 0 Å². The molecule has 1 aromatic rings. The van der Waals surface area contributed by atoms with Crippen LogP contribution in [0.15, 0.2) is 64.7 Å². The van der Waals surface area contributed by atoms with Gasteiger partial charge in [-0.3, -0.25) is 14.4 Å². The molecule has 12 heteroatoms. The maximum absolute atomic E-state index is 13.9. The van der Waals surface area contributed by atoms with Crippen LogP contribution in [0.25, 0.3) is 6.08 Å². The van der Waals surface area contributed by atoms with Gasteiger partial charge in [-0.1, -0.05) is 75.4 Å². The number of benzene rings is 1. The fraction of sp³-hybridized carbons (Fsp3) is 0.644. The molecular weight excluding hydrogens is 728 g/mol. The van der Waals surface area contributed by atoms with Gasteiger partial charge < -0.3 is 38.4 Å². The van der Waals surface area contributed by atoms with Gasteiger partial charge in [0.2, 0.25) is 5.91 Å². The van der Waals surface area contributed by atoms with Gasteiger partial charge in [-0.2, -0.15) is 0 Å². The minimum absolute atomic E-state index is 0.0471. The van der Waals surface area contributed by atoms with E-state index in [9.17, 15) is 19.5 Å². The monoisotopic (exact) mass is 794 g/mol. The standard InChI is InChI=1S/C45H66N2O10/c1-13-37-45(10,51)41-31(6)38(46-32(7)48)29(4)24-44(9,53-26-35(25-52-41)21-17-20-34-18-15-14-16-19-34)40(27(2)22-28(3)42(50)56-37)57-43-39(55-33(8)49)36(47(11)12)23-30(5)54-43/h14-22,28-31,36-37,39-41,43,51H,13,23-26H2,1-12H3/b20-17+,27-22-,35-21+,46-38?/t28?,29-,30-,31+,36+,37-,39-,40-,41+,43+,44-,45-/m1/s1. The molecule has 316 valence electrons. The van der Waals surface area contributed by atoms with E-state index in [0.29, 0.717) is 30.5 Å². The molecule has 12 nitrogen and oxygen atoms in total. The van der Waals surface area contributed by atoms with Crippen LogP contribution in [0.5, 0.6) is 0 Å². The first-order valence-corrected chi connectivity index (χ1v) is 20.3. The summed E-state index contributed by atoms with van der Waals surface area (Å²) in [4.78, 5) is 45.9. The van der Waals surface area contributed by atoms with E-state index in [0.717, 1.165) is 11.1 Å². The first-order chi connectivity index (χ1) is 26.8. The number of allylic oxidation sites excluding steroid dienone is 2. The quantitative estimate of drug-likeness (QED) is 0.239. The number of cyclic esters (lactones) is 1. The number of rotatable bonds is 7. The average molecular weight is 795 g/mol. The summed E-state index contributed by atoms with van der Waals surface area (Å²) in [5.41, 5.74) is 0.0944. The maximum Gasteiger partial charge on any atom is 0.312 e. The van der Waals surface area contributed by atoms with Gasteiger partial charge >= 0.3 is 11.9 Å². The normalized spacial score (nSPS) is 38.5. The molecule has 3 aliphatic heterocycles. The Morgan fingerprint density at radius 3 is 2.37 bits per heavy atom. The number of likely N-dealkylation sites (N-methyl/N-ethyl adjacent to an activating group) is 1. The van der Waals surface area contributed by atoms with E-state index in [1.807, 2.05) is 109 Å². The summed E-state index contributed by atoms with van der Waals surface area (Å²) in [6.07, 6.45) is 4.06. The lowest BCUT2D eigenvalue weighted by atomic mass is 9.75. The number of fused-ring (bicyclic) bond motifs is 5. The second-order valence-electron chi connectivity index (χ2n) is 16.8. The molecule has 2 saturated heterocycles. The van der Waals surface area contributed by atoms with E-state index < -0.39 is 77.5 Å². The number of esters is 2. The van der Waals surface area contributed by atoms with Gasteiger partial charge in [-0.05, 0) is 90.6 Å². The largest absolute Gasteiger partial charge is 0.459 e. The third-order valence-corrected chi connectivity index (χ3v) is 11.4. The lowest BCUT2D eigenvalue weighted by Crippen LogP contribution is -2.59. The molecule has 3 heterocycles. The summed E-state index contributed by atoms with van der Waals surface area (Å²) in [5, 5.41) is 12.4. The van der Waals surface area contributed by atoms with Crippen molar-refractivity contribution in [1.29, 1.82) is 0 Å². The molecule has 0 aromatic heterocycles. The zero-order valence-electron chi connectivity index (χ0n) is 36.0. The van der Waals surface area contributed by atoms with Crippen molar-refractivity contribution in [2.45, 2.75) is 143 Å². The predicted molar refractivity (Wildman–Crippen MR) is 219 cm³/mol. The van der Waals surface area contributed by atoms with Gasteiger partial charge in [0.15, 0.2) is 12.4 Å². The Labute approximate surface area is 339 Å². The van der Waals surface area contributed by atoms with E-state index in [1.54, 1.807) is 19.9 Å². The smallest absolute Gasteiger partial charge is 0.312 e. The third-order valence-electron chi connectivity index (χ3n) is 11.4. The van der Waals surface area contributed by atoms with E-state index >= 15 is 0 Å². The third kappa shape index (κ3) is 11.8. The highest BCUT2D eigenvalue weighted by molar-refractivity contribution is 5.97. The van der Waals surface area contributed by atoms with Gasteiger partial charge in [0.1, 0.15) is 17.8 Å². The molecule has 1 aromatic carbocycles. The summed E-state index contributed by atoms with van der Waals surface area (Å²) in [6, 6.07) is 9.70. The lowest BCUT2D eigenvalue weighted by molar-refractivity contribution is -0.287. The number of amides is 1. The Bertz CT molecular complexity index is 1670. The van der Waals surface area contributed by atoms with E-state index in [-0.39, 0.29) is 25.4 Å². The van der Waals surface area contributed by atoms with Gasteiger partial charge in [-0.15, -0.1) is 0 Å². The summed E-state index contributed by atoms with van der Waals surface area (Å²) >= 11 is 0. The zero-order valence-corrected chi connectivity index (χ0v) is 36.0. The minimum Gasteiger partial charge on any atom is -0.459 e. The fourth-order valence-corrected chi connectivity index (χ4v) is 8.64. The highest BCUT2D eigenvalue weighted by atomic mass is 16.7. The van der Waals surface area contributed by atoms with Gasteiger partial charge in [0.05, 0.1) is 43.0 Å². The van der Waals surface area contributed by atoms with Crippen molar-refractivity contribution >= 4 is 29.6 Å². The number of carbonyl (C=O) groups excluding carboxylic acids is 3. The number of hydrogen-bond donors (Lipinski definition) is 1. The number of aliphatic imine (C=N–C) groups is 1. The Morgan fingerprint density at radius 1 is 1.07 bits per heavy atom. The van der Waals surface area contributed by atoms with Crippen LogP contribution in [0.3, 0.4) is 0 Å². The van der Waals surface area contributed by atoms with E-state index in [1.165, 1.54) is 13.8 Å². The first kappa shape index (κ1) is 46.2. The van der Waals surface area contributed by atoms with Crippen LogP contribution in [-0.4, -0.2) is 115 Å². The van der Waals surface area contributed by atoms with Gasteiger partial charge in [0, 0.05) is 25.5 Å². The molecule has 57 heavy (non-hydrogen) atoms. The Morgan fingerprint density at radius 2 is 1.75 bits per heavy atom. The number of ether oxygens (including phenoxy) is 6. The second-order valence-corrected chi connectivity index (χ2v) is 16.8. The second kappa shape index (κ2) is 20.0. The average Bonchev–Trinajstić information content (AvgIpc) is 3.14. The van der Waals surface area contributed by atoms with Crippen molar-refractivity contribution in [3.8, 4) is 0 Å². The van der Waals surface area contributed by atoms with Crippen molar-refractivity contribution in [3.05, 3.63) is 65.3 Å². The van der Waals surface area contributed by atoms with Crippen LogP contribution < -0.4 is 0 Å². The Balaban J connectivity index is 1.99. The molecule has 0 spiro atoms. The van der Waals surface area contributed by atoms with Crippen molar-refractivity contribution in [1.82, 2.24) is 4.90 Å². The van der Waals surface area contributed by atoms with E-state index in [4.69, 9.17) is 28.4 Å². The lowest BCUT2D eigenvalue weighted by Gasteiger charge is -2.47. The van der Waals surface area contributed by atoms with E-state index in [2.05, 4.69) is 4.99 Å². The topological polar surface area (TPSA) is 142 Å². The van der Waals surface area contributed by atoms with Crippen LogP contribution >= 0.6 is 0 Å². The summed E-state index contributed by atoms with van der Waals surface area (Å²) in [5.74, 6) is -3.15. The molecular formula is C45H66N2O10. The molecule has 4 rings (SSSR count). The van der Waals surface area contributed by atoms with Crippen LogP contribution in [0.2, 0.25) is 0 Å². The van der Waals surface area contributed by atoms with Gasteiger partial charge in [0.25, 0.3) is 0 Å². The molecule has 12 atom stereocenters. The van der Waals surface area contributed by atoms with Crippen molar-refractivity contribution in [2.24, 2.45) is 22.7 Å². The molecule has 0 aliphatic carbocycles. The zero-order chi connectivity index (χ0) is 42.2. The summed E-state index contributed by atoms with van der Waals surface area (Å²) in [7, 11) is 3.86. The molecule has 0 saturated carbocycles. The molecule has 3 aliphatic rings. The van der Waals surface area contributed by atoms with Crippen molar-refractivity contribution < 1.29 is 47.9 Å². The summed E-state index contributed by atoms with van der Waals surface area (Å²) < 4.78 is 39.4. The molecule has 1 amide bonds. The highest BCUT2D eigenvalue weighted by Crippen LogP contribution is 2.40. The Hall–Kier alpha value is -3.52. The van der Waals surface area contributed by atoms with Crippen LogP contribution in [0.1, 0.15) is 94.1 Å². The number of aliphatic hydroxyl groups is 1. The van der Waals surface area contributed by atoms with Crippen LogP contribution in [0, 0.1) is 17.8 Å². The highest BCUT2D eigenvalue weighted by Gasteiger charge is 2.51. The van der Waals surface area contributed by atoms with Gasteiger partial charge in [-0.25, -0.2) is 4.99 Å².